The van der Waals surface area contributed by atoms with Crippen molar-refractivity contribution < 1.29 is 9.53 Å². The minimum absolute atomic E-state index is 0.0406. The lowest BCUT2D eigenvalue weighted by Crippen LogP contribution is -2.28. The van der Waals surface area contributed by atoms with E-state index in [-0.39, 0.29) is 12.5 Å². The maximum atomic E-state index is 11.9. The van der Waals surface area contributed by atoms with Gasteiger partial charge in [-0.05, 0) is 41.7 Å². The molecule has 0 saturated heterocycles. The van der Waals surface area contributed by atoms with Gasteiger partial charge in [0.2, 0.25) is 0 Å². The Kier molecular flexibility index (Phi) is 6.01. The molecule has 0 heterocycles. The molecule has 22 heavy (non-hydrogen) atoms. The molecule has 116 valence electrons. The number of nitrogens with one attached hydrogen (secondary N) is 1. The number of ether oxygens (including phenoxy) is 1. The van der Waals surface area contributed by atoms with Gasteiger partial charge in [-0.15, -0.1) is 0 Å². The highest BCUT2D eigenvalue weighted by Crippen LogP contribution is 2.13. The van der Waals surface area contributed by atoms with Gasteiger partial charge in [-0.2, -0.15) is 0 Å². The van der Waals surface area contributed by atoms with E-state index in [9.17, 15) is 4.79 Å². The Morgan fingerprint density at radius 2 is 1.77 bits per heavy atom. The predicted octanol–water partition coefficient (Wildman–Crippen LogP) is 3.51. The SMILES string of the molecule is CCc1ccc(CC)c(CNC(=O)COc2ccccc2)c1. The number of rotatable bonds is 7. The van der Waals surface area contributed by atoms with Crippen LogP contribution in [0, 0.1) is 0 Å². The highest BCUT2D eigenvalue weighted by atomic mass is 16.5. The van der Waals surface area contributed by atoms with Gasteiger partial charge >= 0.3 is 0 Å². The van der Waals surface area contributed by atoms with E-state index in [0.29, 0.717) is 12.3 Å². The molecular weight excluding hydrogens is 274 g/mol. The normalized spacial score (nSPS) is 10.3. The monoisotopic (exact) mass is 297 g/mol. The molecule has 0 aliphatic rings. The van der Waals surface area contributed by atoms with Crippen molar-refractivity contribution in [2.45, 2.75) is 33.2 Å². The average Bonchev–Trinajstić information content (AvgIpc) is 2.58. The molecule has 1 amide bonds. The van der Waals surface area contributed by atoms with Crippen molar-refractivity contribution in [3.8, 4) is 5.75 Å². The summed E-state index contributed by atoms with van der Waals surface area (Å²) in [7, 11) is 0. The standard InChI is InChI=1S/C19H23NO2/c1-3-15-10-11-16(4-2)17(12-15)13-20-19(21)14-22-18-8-6-5-7-9-18/h5-12H,3-4,13-14H2,1-2H3,(H,20,21). The van der Waals surface area contributed by atoms with Gasteiger partial charge in [-0.25, -0.2) is 0 Å². The van der Waals surface area contributed by atoms with Crippen LogP contribution in [-0.4, -0.2) is 12.5 Å². The molecule has 0 aliphatic heterocycles. The van der Waals surface area contributed by atoms with Crippen LogP contribution in [0.15, 0.2) is 48.5 Å². The van der Waals surface area contributed by atoms with Crippen molar-refractivity contribution in [1.82, 2.24) is 5.32 Å². The van der Waals surface area contributed by atoms with Crippen molar-refractivity contribution in [2.24, 2.45) is 0 Å². The topological polar surface area (TPSA) is 38.3 Å². The fourth-order valence-corrected chi connectivity index (χ4v) is 2.32. The van der Waals surface area contributed by atoms with Gasteiger partial charge in [-0.1, -0.05) is 50.2 Å². The van der Waals surface area contributed by atoms with Gasteiger partial charge in [0.05, 0.1) is 0 Å². The molecule has 0 atom stereocenters. The Morgan fingerprint density at radius 1 is 1.00 bits per heavy atom. The van der Waals surface area contributed by atoms with E-state index in [1.807, 2.05) is 30.3 Å². The van der Waals surface area contributed by atoms with Crippen molar-refractivity contribution in [3.63, 3.8) is 0 Å². The summed E-state index contributed by atoms with van der Waals surface area (Å²) >= 11 is 0. The van der Waals surface area contributed by atoms with Crippen molar-refractivity contribution in [2.75, 3.05) is 6.61 Å². The van der Waals surface area contributed by atoms with Gasteiger partial charge in [0.25, 0.3) is 5.91 Å². The molecule has 1 N–H and O–H groups in total. The first-order valence-electron chi connectivity index (χ1n) is 7.78. The Hall–Kier alpha value is -2.29. The summed E-state index contributed by atoms with van der Waals surface area (Å²) in [6, 6.07) is 15.9. The van der Waals surface area contributed by atoms with Crippen LogP contribution in [-0.2, 0) is 24.2 Å². The lowest BCUT2D eigenvalue weighted by Gasteiger charge is -2.12. The van der Waals surface area contributed by atoms with Gasteiger partial charge in [0, 0.05) is 6.54 Å². The Morgan fingerprint density at radius 3 is 2.45 bits per heavy atom. The van der Waals surface area contributed by atoms with E-state index < -0.39 is 0 Å². The lowest BCUT2D eigenvalue weighted by atomic mass is 10.0. The van der Waals surface area contributed by atoms with Crippen LogP contribution in [0.25, 0.3) is 0 Å². The van der Waals surface area contributed by atoms with Crippen LogP contribution >= 0.6 is 0 Å². The quantitative estimate of drug-likeness (QED) is 0.849. The summed E-state index contributed by atoms with van der Waals surface area (Å²) < 4.78 is 5.45. The van der Waals surface area contributed by atoms with Gasteiger partial charge < -0.3 is 10.1 Å². The van der Waals surface area contributed by atoms with E-state index in [2.05, 4.69) is 37.4 Å². The third kappa shape index (κ3) is 4.62. The molecule has 0 aliphatic carbocycles. The van der Waals surface area contributed by atoms with E-state index in [1.165, 1.54) is 16.7 Å². The van der Waals surface area contributed by atoms with E-state index in [1.54, 1.807) is 0 Å². The summed E-state index contributed by atoms with van der Waals surface area (Å²) in [6.45, 7) is 4.86. The largest absolute Gasteiger partial charge is 0.484 e. The van der Waals surface area contributed by atoms with Crippen molar-refractivity contribution >= 4 is 5.91 Å². The first-order chi connectivity index (χ1) is 10.7. The number of carbonyl (C=O) groups excluding carboxylic acids is 1. The number of carbonyl (C=O) groups is 1. The van der Waals surface area contributed by atoms with Crippen LogP contribution in [0.4, 0.5) is 0 Å². The van der Waals surface area contributed by atoms with Crippen LogP contribution in [0.2, 0.25) is 0 Å². The third-order valence-corrected chi connectivity index (χ3v) is 3.65. The minimum atomic E-state index is -0.104. The minimum Gasteiger partial charge on any atom is -0.484 e. The first kappa shape index (κ1) is 16.1. The van der Waals surface area contributed by atoms with E-state index in [4.69, 9.17) is 4.74 Å². The van der Waals surface area contributed by atoms with Gasteiger partial charge in [0.1, 0.15) is 5.75 Å². The first-order valence-corrected chi connectivity index (χ1v) is 7.78. The van der Waals surface area contributed by atoms with E-state index in [0.717, 1.165) is 12.8 Å². The number of benzene rings is 2. The second-order valence-corrected chi connectivity index (χ2v) is 5.19. The molecule has 3 nitrogen and oxygen atoms in total. The maximum absolute atomic E-state index is 11.9. The van der Waals surface area contributed by atoms with Gasteiger partial charge in [0.15, 0.2) is 6.61 Å². The summed E-state index contributed by atoms with van der Waals surface area (Å²) in [5.74, 6) is 0.604. The Bertz CT molecular complexity index is 608. The summed E-state index contributed by atoms with van der Waals surface area (Å²) in [6.07, 6.45) is 1.97. The zero-order chi connectivity index (χ0) is 15.8. The molecule has 0 spiro atoms. The number of amides is 1. The van der Waals surface area contributed by atoms with Crippen molar-refractivity contribution in [3.05, 3.63) is 65.2 Å². The van der Waals surface area contributed by atoms with E-state index >= 15 is 0 Å². The number of hydrogen-bond acceptors (Lipinski definition) is 2. The van der Waals surface area contributed by atoms with Crippen LogP contribution in [0.1, 0.15) is 30.5 Å². The zero-order valence-corrected chi connectivity index (χ0v) is 13.3. The Balaban J connectivity index is 1.88. The number of aryl methyl sites for hydroxylation is 2. The fourth-order valence-electron chi connectivity index (χ4n) is 2.32. The summed E-state index contributed by atoms with van der Waals surface area (Å²) in [4.78, 5) is 11.9. The summed E-state index contributed by atoms with van der Waals surface area (Å²) in [5.41, 5.74) is 3.76. The smallest absolute Gasteiger partial charge is 0.258 e. The molecule has 2 aromatic carbocycles. The number of hydrogen-bond donors (Lipinski definition) is 1. The highest BCUT2D eigenvalue weighted by Gasteiger charge is 2.06. The lowest BCUT2D eigenvalue weighted by molar-refractivity contribution is -0.123. The molecule has 0 bridgehead atoms. The molecule has 0 unspecified atom stereocenters. The second kappa shape index (κ2) is 8.23. The van der Waals surface area contributed by atoms with Crippen LogP contribution < -0.4 is 10.1 Å². The zero-order valence-electron chi connectivity index (χ0n) is 13.3. The Labute approximate surface area is 132 Å². The summed E-state index contributed by atoms with van der Waals surface area (Å²) in [5, 5.41) is 2.93. The predicted molar refractivity (Wildman–Crippen MR) is 89.0 cm³/mol. The highest BCUT2D eigenvalue weighted by molar-refractivity contribution is 5.77. The third-order valence-electron chi connectivity index (χ3n) is 3.65. The number of para-hydroxylation sites is 1. The van der Waals surface area contributed by atoms with Crippen LogP contribution in [0.5, 0.6) is 5.75 Å². The molecule has 0 radical (unpaired) electrons. The van der Waals surface area contributed by atoms with Crippen LogP contribution in [0.3, 0.4) is 0 Å². The average molecular weight is 297 g/mol. The molecule has 2 aromatic rings. The fraction of sp³-hybridized carbons (Fsp3) is 0.316. The molecule has 2 rings (SSSR count). The molecule has 3 heteroatoms. The molecule has 0 aromatic heterocycles. The molecular formula is C19H23NO2. The van der Waals surface area contributed by atoms with Crippen molar-refractivity contribution in [1.29, 1.82) is 0 Å². The molecule has 0 fully saturated rings. The maximum Gasteiger partial charge on any atom is 0.258 e. The second-order valence-electron chi connectivity index (χ2n) is 5.19. The molecule has 0 saturated carbocycles. The van der Waals surface area contributed by atoms with Gasteiger partial charge in [-0.3, -0.25) is 4.79 Å².